The maximum atomic E-state index is 8.58. The molecule has 0 saturated carbocycles. The van der Waals surface area contributed by atoms with E-state index in [1.165, 1.54) is 6.21 Å². The molecular weight excluding hydrogens is 334 g/mol. The van der Waals surface area contributed by atoms with Gasteiger partial charge in [-0.25, -0.2) is 0 Å². The predicted molar refractivity (Wildman–Crippen MR) is 85.5 cm³/mol. The van der Waals surface area contributed by atoms with Gasteiger partial charge in [-0.3, -0.25) is 0 Å². The Hall–Kier alpha value is -2.01. The second kappa shape index (κ2) is 7.69. The van der Waals surface area contributed by atoms with Crippen molar-refractivity contribution in [2.24, 2.45) is 5.16 Å². The fraction of sp³-hybridized carbons (Fsp3) is 0.188. The van der Waals surface area contributed by atoms with Crippen LogP contribution in [-0.2, 0) is 6.61 Å². The molecule has 0 aliphatic heterocycles. The number of oxime groups is 1. The van der Waals surface area contributed by atoms with E-state index < -0.39 is 0 Å². The number of hydrogen-bond acceptors (Lipinski definition) is 4. The van der Waals surface area contributed by atoms with Gasteiger partial charge in [0.25, 0.3) is 0 Å². The van der Waals surface area contributed by atoms with E-state index in [4.69, 9.17) is 14.7 Å². The zero-order valence-corrected chi connectivity index (χ0v) is 13.2. The summed E-state index contributed by atoms with van der Waals surface area (Å²) in [6, 6.07) is 13.3. The third-order valence-electron chi connectivity index (χ3n) is 2.78. The van der Waals surface area contributed by atoms with Gasteiger partial charge in [-0.1, -0.05) is 33.2 Å². The Morgan fingerprint density at radius 3 is 2.52 bits per heavy atom. The Balaban J connectivity index is 2.12. The SMILES string of the molecule is CCOc1cc(/C=N/O)ccc1OCc1ccc(Br)cc1. The molecule has 21 heavy (non-hydrogen) atoms. The molecule has 0 aromatic heterocycles. The molecular formula is C16H16BrNO3. The zero-order chi connectivity index (χ0) is 15.1. The predicted octanol–water partition coefficient (Wildman–Crippen LogP) is 4.23. The number of benzene rings is 2. The molecule has 0 fully saturated rings. The van der Waals surface area contributed by atoms with Gasteiger partial charge in [-0.2, -0.15) is 0 Å². The summed E-state index contributed by atoms with van der Waals surface area (Å²) >= 11 is 3.40. The molecule has 110 valence electrons. The van der Waals surface area contributed by atoms with Crippen LogP contribution >= 0.6 is 15.9 Å². The molecule has 0 heterocycles. The lowest BCUT2D eigenvalue weighted by Crippen LogP contribution is -2.00. The van der Waals surface area contributed by atoms with Crippen LogP contribution in [0, 0.1) is 0 Å². The molecule has 0 aliphatic carbocycles. The van der Waals surface area contributed by atoms with Gasteiger partial charge in [0.1, 0.15) is 6.61 Å². The van der Waals surface area contributed by atoms with Crippen LogP contribution in [-0.4, -0.2) is 18.0 Å². The standard InChI is InChI=1S/C16H16BrNO3/c1-2-20-16-9-13(10-18-19)5-8-15(16)21-11-12-3-6-14(17)7-4-12/h3-10,19H,2,11H2,1H3/b18-10+. The van der Waals surface area contributed by atoms with E-state index in [1.54, 1.807) is 18.2 Å². The molecule has 0 unspecified atom stereocenters. The molecule has 1 N–H and O–H groups in total. The van der Waals surface area contributed by atoms with Crippen molar-refractivity contribution < 1.29 is 14.7 Å². The molecule has 0 amide bonds. The lowest BCUT2D eigenvalue weighted by atomic mass is 10.2. The Kier molecular flexibility index (Phi) is 5.63. The smallest absolute Gasteiger partial charge is 0.161 e. The Bertz CT molecular complexity index is 611. The van der Waals surface area contributed by atoms with Crippen LogP contribution in [0.4, 0.5) is 0 Å². The van der Waals surface area contributed by atoms with Gasteiger partial charge >= 0.3 is 0 Å². The van der Waals surface area contributed by atoms with Crippen molar-refractivity contribution in [1.29, 1.82) is 0 Å². The summed E-state index contributed by atoms with van der Waals surface area (Å²) in [6.45, 7) is 2.90. The quantitative estimate of drug-likeness (QED) is 0.482. The summed E-state index contributed by atoms with van der Waals surface area (Å²) in [5.41, 5.74) is 1.82. The number of hydrogen-bond donors (Lipinski definition) is 1. The molecule has 2 rings (SSSR count). The highest BCUT2D eigenvalue weighted by molar-refractivity contribution is 9.10. The Morgan fingerprint density at radius 1 is 1.10 bits per heavy atom. The van der Waals surface area contributed by atoms with E-state index in [1.807, 2.05) is 31.2 Å². The van der Waals surface area contributed by atoms with Crippen molar-refractivity contribution in [3.63, 3.8) is 0 Å². The minimum atomic E-state index is 0.459. The molecule has 0 bridgehead atoms. The normalized spacial score (nSPS) is 10.8. The summed E-state index contributed by atoms with van der Waals surface area (Å²) in [5.74, 6) is 1.29. The van der Waals surface area contributed by atoms with Gasteiger partial charge in [-0.15, -0.1) is 0 Å². The van der Waals surface area contributed by atoms with Crippen LogP contribution in [0.5, 0.6) is 11.5 Å². The lowest BCUT2D eigenvalue weighted by Gasteiger charge is -2.12. The van der Waals surface area contributed by atoms with E-state index >= 15 is 0 Å². The van der Waals surface area contributed by atoms with Gasteiger partial charge in [-0.05, 0) is 42.8 Å². The molecule has 2 aromatic carbocycles. The van der Waals surface area contributed by atoms with Crippen molar-refractivity contribution in [3.8, 4) is 11.5 Å². The molecule has 0 atom stereocenters. The highest BCUT2D eigenvalue weighted by Gasteiger charge is 2.06. The second-order valence-corrected chi connectivity index (χ2v) is 5.21. The Morgan fingerprint density at radius 2 is 1.86 bits per heavy atom. The number of rotatable bonds is 6. The van der Waals surface area contributed by atoms with Crippen LogP contribution in [0.25, 0.3) is 0 Å². The first-order valence-electron chi connectivity index (χ1n) is 6.54. The lowest BCUT2D eigenvalue weighted by molar-refractivity contribution is 0.269. The minimum absolute atomic E-state index is 0.459. The van der Waals surface area contributed by atoms with Crippen LogP contribution in [0.15, 0.2) is 52.1 Å². The van der Waals surface area contributed by atoms with Crippen LogP contribution in [0.1, 0.15) is 18.1 Å². The third-order valence-corrected chi connectivity index (χ3v) is 3.31. The van der Waals surface area contributed by atoms with Gasteiger partial charge in [0.05, 0.1) is 12.8 Å². The highest BCUT2D eigenvalue weighted by atomic mass is 79.9. The summed E-state index contributed by atoms with van der Waals surface area (Å²) in [7, 11) is 0. The van der Waals surface area contributed by atoms with Crippen LogP contribution in [0.2, 0.25) is 0 Å². The summed E-state index contributed by atoms with van der Waals surface area (Å²) in [4.78, 5) is 0. The molecule has 2 aromatic rings. The van der Waals surface area contributed by atoms with Gasteiger partial charge in [0, 0.05) is 10.0 Å². The summed E-state index contributed by atoms with van der Waals surface area (Å²) in [6.07, 6.45) is 1.35. The van der Waals surface area contributed by atoms with Gasteiger partial charge in [0.2, 0.25) is 0 Å². The minimum Gasteiger partial charge on any atom is -0.490 e. The number of ether oxygens (including phenoxy) is 2. The van der Waals surface area contributed by atoms with Crippen molar-refractivity contribution in [3.05, 3.63) is 58.1 Å². The van der Waals surface area contributed by atoms with E-state index in [0.29, 0.717) is 24.7 Å². The topological polar surface area (TPSA) is 51.0 Å². The maximum absolute atomic E-state index is 8.58. The van der Waals surface area contributed by atoms with Crippen LogP contribution in [0.3, 0.4) is 0 Å². The monoisotopic (exact) mass is 349 g/mol. The molecule has 0 saturated heterocycles. The maximum Gasteiger partial charge on any atom is 0.161 e. The van der Waals surface area contributed by atoms with E-state index in [2.05, 4.69) is 21.1 Å². The van der Waals surface area contributed by atoms with Crippen LogP contribution < -0.4 is 9.47 Å². The first-order valence-corrected chi connectivity index (χ1v) is 7.33. The first kappa shape index (κ1) is 15.4. The fourth-order valence-corrected chi connectivity index (χ4v) is 2.07. The molecule has 0 aliphatic rings. The second-order valence-electron chi connectivity index (χ2n) is 4.30. The zero-order valence-electron chi connectivity index (χ0n) is 11.6. The van der Waals surface area contributed by atoms with Gasteiger partial charge in [0.15, 0.2) is 11.5 Å². The largest absolute Gasteiger partial charge is 0.490 e. The van der Waals surface area contributed by atoms with Crippen molar-refractivity contribution >= 4 is 22.1 Å². The van der Waals surface area contributed by atoms with Crippen molar-refractivity contribution in [2.45, 2.75) is 13.5 Å². The molecule has 0 radical (unpaired) electrons. The van der Waals surface area contributed by atoms with E-state index in [9.17, 15) is 0 Å². The fourth-order valence-electron chi connectivity index (χ4n) is 1.80. The average Bonchev–Trinajstić information content (AvgIpc) is 2.49. The van der Waals surface area contributed by atoms with Gasteiger partial charge < -0.3 is 14.7 Å². The third kappa shape index (κ3) is 4.49. The van der Waals surface area contributed by atoms with E-state index in [-0.39, 0.29) is 0 Å². The average molecular weight is 350 g/mol. The first-order chi connectivity index (χ1) is 10.2. The summed E-state index contributed by atoms with van der Waals surface area (Å²) < 4.78 is 12.4. The molecule has 5 heteroatoms. The highest BCUT2D eigenvalue weighted by Crippen LogP contribution is 2.29. The van der Waals surface area contributed by atoms with Crippen molar-refractivity contribution in [2.75, 3.05) is 6.61 Å². The Labute approximate surface area is 132 Å². The molecule has 0 spiro atoms. The number of nitrogens with zero attached hydrogens (tertiary/aromatic N) is 1. The van der Waals surface area contributed by atoms with E-state index in [0.717, 1.165) is 15.6 Å². The molecule has 4 nitrogen and oxygen atoms in total. The van der Waals surface area contributed by atoms with Crippen molar-refractivity contribution in [1.82, 2.24) is 0 Å². The summed E-state index contributed by atoms with van der Waals surface area (Å²) in [5, 5.41) is 11.6. The number of halogens is 1.